The number of halogens is 1. The predicted octanol–water partition coefficient (Wildman–Crippen LogP) is 3.88. The monoisotopic (exact) mass is 420 g/mol. The minimum absolute atomic E-state index is 0.0148. The molecule has 0 fully saturated rings. The lowest BCUT2D eigenvalue weighted by Gasteiger charge is -2.28. The maximum Gasteiger partial charge on any atom is 0.338 e. The average Bonchev–Trinajstić information content (AvgIpc) is 2.61. The maximum absolute atomic E-state index is 12.7. The van der Waals surface area contributed by atoms with Crippen LogP contribution in [0.5, 0.6) is 5.75 Å². The van der Waals surface area contributed by atoms with E-state index < -0.39 is 11.9 Å². The zero-order valence-corrected chi connectivity index (χ0v) is 16.6. The van der Waals surface area contributed by atoms with Crippen LogP contribution in [0.4, 0.5) is 0 Å². The van der Waals surface area contributed by atoms with Crippen molar-refractivity contribution in [1.82, 2.24) is 0 Å². The standard InChI is InChI=1S/C19H21BrN2O4/c1-4-6-15-17(19(23)25-5-2)16(12(10-21)18(22)26-15)11-7-8-14(24-3)13(20)9-11/h7-9,16H,4-6,22H2,1-3H3/t16-/m0/s1. The zero-order chi connectivity index (χ0) is 19.3. The van der Waals surface area contributed by atoms with E-state index in [0.29, 0.717) is 28.0 Å². The highest BCUT2D eigenvalue weighted by molar-refractivity contribution is 9.10. The maximum atomic E-state index is 12.7. The van der Waals surface area contributed by atoms with E-state index >= 15 is 0 Å². The number of carbonyl (C=O) groups excluding carboxylic acids is 1. The van der Waals surface area contributed by atoms with E-state index in [1.165, 1.54) is 0 Å². The van der Waals surface area contributed by atoms with Crippen LogP contribution >= 0.6 is 15.9 Å². The Bertz CT molecular complexity index is 808. The molecular weight excluding hydrogens is 400 g/mol. The third kappa shape index (κ3) is 3.86. The summed E-state index contributed by atoms with van der Waals surface area (Å²) in [4.78, 5) is 12.7. The van der Waals surface area contributed by atoms with Crippen LogP contribution in [0.2, 0.25) is 0 Å². The van der Waals surface area contributed by atoms with E-state index in [1.54, 1.807) is 26.2 Å². The van der Waals surface area contributed by atoms with Crippen molar-refractivity contribution in [2.45, 2.75) is 32.6 Å². The van der Waals surface area contributed by atoms with Crippen molar-refractivity contribution in [3.05, 3.63) is 51.0 Å². The van der Waals surface area contributed by atoms with Crippen LogP contribution < -0.4 is 10.5 Å². The summed E-state index contributed by atoms with van der Waals surface area (Å²) < 4.78 is 16.8. The van der Waals surface area contributed by atoms with Crippen LogP contribution in [-0.4, -0.2) is 19.7 Å². The smallest absolute Gasteiger partial charge is 0.338 e. The number of rotatable bonds is 6. The second kappa shape index (κ2) is 8.77. The van der Waals surface area contributed by atoms with E-state index in [4.69, 9.17) is 19.9 Å². The van der Waals surface area contributed by atoms with E-state index in [9.17, 15) is 10.1 Å². The molecule has 0 aromatic heterocycles. The van der Waals surface area contributed by atoms with Gasteiger partial charge in [0.15, 0.2) is 0 Å². The lowest BCUT2D eigenvalue weighted by atomic mass is 9.82. The first-order chi connectivity index (χ1) is 12.5. The lowest BCUT2D eigenvalue weighted by molar-refractivity contribution is -0.139. The van der Waals surface area contributed by atoms with E-state index in [2.05, 4.69) is 22.0 Å². The quantitative estimate of drug-likeness (QED) is 0.701. The molecule has 0 spiro atoms. The molecule has 6 nitrogen and oxygen atoms in total. The first kappa shape index (κ1) is 19.9. The van der Waals surface area contributed by atoms with Crippen molar-refractivity contribution < 1.29 is 19.0 Å². The Morgan fingerprint density at radius 1 is 1.42 bits per heavy atom. The largest absolute Gasteiger partial charge is 0.496 e. The molecule has 1 heterocycles. The van der Waals surface area contributed by atoms with Crippen LogP contribution in [0.1, 0.15) is 38.2 Å². The number of benzene rings is 1. The summed E-state index contributed by atoms with van der Waals surface area (Å²) in [5, 5.41) is 9.63. The molecule has 1 aromatic rings. The number of nitrogens with zero attached hydrogens (tertiary/aromatic N) is 1. The summed E-state index contributed by atoms with van der Waals surface area (Å²) in [7, 11) is 1.57. The highest BCUT2D eigenvalue weighted by Crippen LogP contribution is 2.42. The Morgan fingerprint density at radius 3 is 2.69 bits per heavy atom. The van der Waals surface area contributed by atoms with Crippen LogP contribution in [0.3, 0.4) is 0 Å². The molecule has 138 valence electrons. The molecule has 0 amide bonds. The number of ether oxygens (including phenoxy) is 3. The molecule has 2 rings (SSSR count). The van der Waals surface area contributed by atoms with Gasteiger partial charge in [0, 0.05) is 6.42 Å². The summed E-state index contributed by atoms with van der Waals surface area (Å²) in [5.41, 5.74) is 7.20. The molecule has 1 aliphatic rings. The highest BCUT2D eigenvalue weighted by Gasteiger charge is 2.37. The number of hydrogen-bond acceptors (Lipinski definition) is 6. The molecular formula is C19H21BrN2O4. The van der Waals surface area contributed by atoms with Gasteiger partial charge in [-0.3, -0.25) is 0 Å². The van der Waals surface area contributed by atoms with Gasteiger partial charge >= 0.3 is 5.97 Å². The molecule has 0 radical (unpaired) electrons. The van der Waals surface area contributed by atoms with E-state index in [1.807, 2.05) is 13.0 Å². The second-order valence-corrected chi connectivity index (χ2v) is 6.48. The Kier molecular flexibility index (Phi) is 6.70. The third-order valence-electron chi connectivity index (χ3n) is 3.98. The minimum atomic E-state index is -0.656. The van der Waals surface area contributed by atoms with Gasteiger partial charge in [-0.05, 0) is 47.0 Å². The molecule has 7 heteroatoms. The van der Waals surface area contributed by atoms with Crippen molar-refractivity contribution in [3.63, 3.8) is 0 Å². The molecule has 1 aliphatic heterocycles. The SMILES string of the molecule is CCCC1=C(C(=O)OCC)[C@@H](c2ccc(OC)c(Br)c2)C(C#N)=C(N)O1. The third-order valence-corrected chi connectivity index (χ3v) is 4.60. The van der Waals surface area contributed by atoms with Gasteiger partial charge in [-0.25, -0.2) is 4.79 Å². The zero-order valence-electron chi connectivity index (χ0n) is 15.0. The molecule has 1 atom stereocenters. The summed E-state index contributed by atoms with van der Waals surface area (Å²) in [6, 6.07) is 7.45. The molecule has 0 saturated carbocycles. The van der Waals surface area contributed by atoms with Crippen LogP contribution in [0.15, 0.2) is 45.5 Å². The van der Waals surface area contributed by atoms with Gasteiger partial charge in [-0.1, -0.05) is 13.0 Å². The molecule has 0 saturated heterocycles. The number of nitrogens with two attached hydrogens (primary N) is 1. The lowest BCUT2D eigenvalue weighted by Crippen LogP contribution is -2.26. The molecule has 0 aliphatic carbocycles. The predicted molar refractivity (Wildman–Crippen MR) is 99.9 cm³/mol. The van der Waals surface area contributed by atoms with Gasteiger partial charge in [0.25, 0.3) is 0 Å². The van der Waals surface area contributed by atoms with Gasteiger partial charge in [0.1, 0.15) is 23.2 Å². The Morgan fingerprint density at radius 2 is 2.15 bits per heavy atom. The topological polar surface area (TPSA) is 94.6 Å². The molecule has 1 aromatic carbocycles. The molecule has 0 bridgehead atoms. The van der Waals surface area contributed by atoms with E-state index in [0.717, 1.165) is 12.0 Å². The van der Waals surface area contributed by atoms with Crippen molar-refractivity contribution in [2.24, 2.45) is 5.73 Å². The number of esters is 1. The van der Waals surface area contributed by atoms with Crippen molar-refractivity contribution in [2.75, 3.05) is 13.7 Å². The molecule has 26 heavy (non-hydrogen) atoms. The normalized spacial score (nSPS) is 16.8. The Labute approximate surface area is 161 Å². The van der Waals surface area contributed by atoms with Crippen molar-refractivity contribution >= 4 is 21.9 Å². The highest BCUT2D eigenvalue weighted by atomic mass is 79.9. The fourth-order valence-electron chi connectivity index (χ4n) is 2.86. The number of allylic oxidation sites excluding steroid dienone is 2. The molecule has 2 N–H and O–H groups in total. The van der Waals surface area contributed by atoms with Crippen LogP contribution in [-0.2, 0) is 14.3 Å². The fraction of sp³-hybridized carbons (Fsp3) is 0.368. The number of carbonyl (C=O) groups is 1. The summed E-state index contributed by atoms with van der Waals surface area (Å²) in [5.74, 6) is -0.0586. The van der Waals surface area contributed by atoms with Crippen molar-refractivity contribution in [1.29, 1.82) is 5.26 Å². The summed E-state index contributed by atoms with van der Waals surface area (Å²) >= 11 is 3.45. The van der Waals surface area contributed by atoms with Gasteiger partial charge in [0.2, 0.25) is 5.88 Å². The summed E-state index contributed by atoms with van der Waals surface area (Å²) in [6.07, 6.45) is 1.27. The van der Waals surface area contributed by atoms with E-state index in [-0.39, 0.29) is 18.1 Å². The van der Waals surface area contributed by atoms with Crippen LogP contribution in [0, 0.1) is 11.3 Å². The fourth-order valence-corrected chi connectivity index (χ4v) is 3.42. The number of nitriles is 1. The second-order valence-electron chi connectivity index (χ2n) is 5.63. The Balaban J connectivity index is 2.67. The first-order valence-corrected chi connectivity index (χ1v) is 9.08. The minimum Gasteiger partial charge on any atom is -0.496 e. The van der Waals surface area contributed by atoms with Crippen LogP contribution in [0.25, 0.3) is 0 Å². The number of methoxy groups -OCH3 is 1. The first-order valence-electron chi connectivity index (χ1n) is 8.29. The van der Waals surface area contributed by atoms with Gasteiger partial charge in [0.05, 0.1) is 29.7 Å². The van der Waals surface area contributed by atoms with Gasteiger partial charge < -0.3 is 19.9 Å². The van der Waals surface area contributed by atoms with Gasteiger partial charge in [-0.2, -0.15) is 5.26 Å². The van der Waals surface area contributed by atoms with Crippen molar-refractivity contribution in [3.8, 4) is 11.8 Å². The molecule has 0 unspecified atom stereocenters. The summed E-state index contributed by atoms with van der Waals surface area (Å²) in [6.45, 7) is 3.93. The van der Waals surface area contributed by atoms with Gasteiger partial charge in [-0.15, -0.1) is 0 Å². The number of hydrogen-bond donors (Lipinski definition) is 1. The average molecular weight is 421 g/mol. The Hall–Kier alpha value is -2.46.